The molecular weight excluding hydrogens is 401 g/mol. The molecular formula is C23H35NO5P+. The molecule has 0 spiro atoms. The number of aromatic hydroxyl groups is 2. The van der Waals surface area contributed by atoms with Gasteiger partial charge in [0.2, 0.25) is 0 Å². The molecule has 2 rings (SSSR count). The van der Waals surface area contributed by atoms with Gasteiger partial charge < -0.3 is 24.1 Å². The van der Waals surface area contributed by atoms with Crippen LogP contribution in [0.25, 0.3) is 0 Å². The summed E-state index contributed by atoms with van der Waals surface area (Å²) in [4.78, 5) is 10.1. The van der Waals surface area contributed by atoms with E-state index in [2.05, 4.69) is 38.4 Å². The predicted molar refractivity (Wildman–Crippen MR) is 120 cm³/mol. The Balaban J connectivity index is 1.62. The third-order valence-electron chi connectivity index (χ3n) is 5.26. The van der Waals surface area contributed by atoms with Crippen LogP contribution < -0.4 is 0 Å². The van der Waals surface area contributed by atoms with Crippen molar-refractivity contribution in [1.29, 1.82) is 0 Å². The number of aryl methyl sites for hydroxylation is 2. The van der Waals surface area contributed by atoms with E-state index in [9.17, 15) is 19.7 Å². The maximum atomic E-state index is 12.3. The van der Waals surface area contributed by atoms with Gasteiger partial charge in [-0.15, -0.1) is 0 Å². The summed E-state index contributed by atoms with van der Waals surface area (Å²) in [5.41, 5.74) is 2.21. The number of hydrogen-bond donors (Lipinski definition) is 3. The van der Waals surface area contributed by atoms with Gasteiger partial charge in [0.15, 0.2) is 11.5 Å². The maximum absolute atomic E-state index is 12.3. The van der Waals surface area contributed by atoms with Crippen LogP contribution in [0.3, 0.4) is 0 Å². The van der Waals surface area contributed by atoms with Crippen molar-refractivity contribution in [2.24, 2.45) is 0 Å². The summed E-state index contributed by atoms with van der Waals surface area (Å²) in [6.45, 7) is 1.93. The largest absolute Gasteiger partial charge is 0.504 e. The Bertz CT molecular complexity index is 826. The quantitative estimate of drug-likeness (QED) is 0.188. The van der Waals surface area contributed by atoms with Crippen molar-refractivity contribution in [2.75, 3.05) is 40.0 Å². The van der Waals surface area contributed by atoms with Crippen molar-refractivity contribution in [1.82, 2.24) is 0 Å². The number of unbranched alkanes of at least 4 members (excludes halogenated alkanes) is 1. The Labute approximate surface area is 179 Å². The van der Waals surface area contributed by atoms with E-state index in [1.54, 1.807) is 6.07 Å². The summed E-state index contributed by atoms with van der Waals surface area (Å²) < 4.78 is 18.3. The first-order chi connectivity index (χ1) is 14.2. The van der Waals surface area contributed by atoms with Gasteiger partial charge in [-0.25, -0.2) is 0 Å². The molecule has 3 N–H and O–H groups in total. The molecule has 7 heteroatoms. The van der Waals surface area contributed by atoms with E-state index in [0.29, 0.717) is 25.8 Å². The molecule has 0 bridgehead atoms. The third-order valence-corrected chi connectivity index (χ3v) is 6.72. The van der Waals surface area contributed by atoms with Crippen molar-refractivity contribution in [3.05, 3.63) is 59.7 Å². The average Bonchev–Trinajstić information content (AvgIpc) is 2.68. The fourth-order valence-corrected chi connectivity index (χ4v) is 4.45. The second kappa shape index (κ2) is 11.5. The van der Waals surface area contributed by atoms with Crippen LogP contribution in [0.4, 0.5) is 0 Å². The lowest BCUT2D eigenvalue weighted by Crippen LogP contribution is -2.43. The van der Waals surface area contributed by atoms with Crippen molar-refractivity contribution in [2.45, 2.75) is 32.1 Å². The number of hydrogen-bond acceptors (Lipinski definition) is 4. The molecule has 0 fully saturated rings. The Morgan fingerprint density at radius 1 is 0.867 bits per heavy atom. The summed E-state index contributed by atoms with van der Waals surface area (Å²) in [6, 6.07) is 15.1. The van der Waals surface area contributed by atoms with E-state index >= 15 is 0 Å². The lowest BCUT2D eigenvalue weighted by Gasteiger charge is -2.30. The molecule has 166 valence electrons. The first kappa shape index (κ1) is 24.4. The summed E-state index contributed by atoms with van der Waals surface area (Å²) in [5, 5.41) is 18.8. The normalized spacial score (nSPS) is 13.8. The Morgan fingerprint density at radius 3 is 2.27 bits per heavy atom. The van der Waals surface area contributed by atoms with Crippen LogP contribution in [-0.4, -0.2) is 59.5 Å². The van der Waals surface area contributed by atoms with Crippen LogP contribution in [0.2, 0.25) is 0 Å². The highest BCUT2D eigenvalue weighted by Gasteiger charge is 2.22. The molecule has 0 amide bonds. The first-order valence-corrected chi connectivity index (χ1v) is 12.3. The zero-order valence-corrected chi connectivity index (χ0v) is 18.9. The number of phenolic OH excluding ortho intramolecular Hbond substituents is 2. The molecule has 0 aliphatic rings. The van der Waals surface area contributed by atoms with Gasteiger partial charge in [-0.1, -0.05) is 36.4 Å². The Hall–Kier alpha value is -1.85. The van der Waals surface area contributed by atoms with E-state index in [4.69, 9.17) is 4.52 Å². The molecule has 6 nitrogen and oxygen atoms in total. The molecule has 30 heavy (non-hydrogen) atoms. The molecule has 0 saturated heterocycles. The smallest absolute Gasteiger partial charge is 0.328 e. The Morgan fingerprint density at radius 2 is 1.57 bits per heavy atom. The number of rotatable bonds is 13. The highest BCUT2D eigenvalue weighted by molar-refractivity contribution is 7.52. The van der Waals surface area contributed by atoms with Gasteiger partial charge >= 0.3 is 7.60 Å². The summed E-state index contributed by atoms with van der Waals surface area (Å²) in [7, 11) is 0.639. The minimum atomic E-state index is -3.59. The predicted octanol–water partition coefficient (Wildman–Crippen LogP) is 4.33. The fourth-order valence-electron chi connectivity index (χ4n) is 3.33. The Kier molecular flexibility index (Phi) is 9.37. The molecule has 1 atom stereocenters. The summed E-state index contributed by atoms with van der Waals surface area (Å²) in [5.74, 6) is -0.290. The second-order valence-electron chi connectivity index (χ2n) is 8.45. The highest BCUT2D eigenvalue weighted by Crippen LogP contribution is 2.42. The first-order valence-electron chi connectivity index (χ1n) is 10.5. The van der Waals surface area contributed by atoms with Crippen LogP contribution in [0.1, 0.15) is 30.4 Å². The third kappa shape index (κ3) is 9.31. The van der Waals surface area contributed by atoms with Gasteiger partial charge in [-0.3, -0.25) is 4.57 Å². The van der Waals surface area contributed by atoms with Gasteiger partial charge in [-0.2, -0.15) is 0 Å². The van der Waals surface area contributed by atoms with Gasteiger partial charge in [0.25, 0.3) is 0 Å². The molecule has 1 unspecified atom stereocenters. The average molecular weight is 437 g/mol. The minimum Gasteiger partial charge on any atom is -0.504 e. The maximum Gasteiger partial charge on any atom is 0.328 e. The molecule has 0 saturated carbocycles. The fraction of sp³-hybridized carbons (Fsp3) is 0.478. The SMILES string of the molecule is C[N+](C)(CCCc1ccccc1)CCOP(=O)(O)CCCCc1ccc(O)c(O)c1. The van der Waals surface area contributed by atoms with E-state index < -0.39 is 7.60 Å². The number of quaternary nitrogens is 1. The zero-order valence-electron chi connectivity index (χ0n) is 18.0. The van der Waals surface area contributed by atoms with Gasteiger partial charge in [0.1, 0.15) is 13.2 Å². The van der Waals surface area contributed by atoms with E-state index in [0.717, 1.165) is 29.4 Å². The molecule has 0 aliphatic carbocycles. The van der Waals surface area contributed by atoms with Crippen LogP contribution in [0.15, 0.2) is 48.5 Å². The van der Waals surface area contributed by atoms with Crippen LogP contribution >= 0.6 is 7.60 Å². The van der Waals surface area contributed by atoms with Crippen molar-refractivity contribution < 1.29 is 28.7 Å². The van der Waals surface area contributed by atoms with Crippen LogP contribution in [-0.2, 0) is 21.9 Å². The van der Waals surface area contributed by atoms with Crippen molar-refractivity contribution >= 4 is 7.60 Å². The van der Waals surface area contributed by atoms with E-state index in [-0.39, 0.29) is 24.3 Å². The number of phenols is 2. The van der Waals surface area contributed by atoms with Crippen LogP contribution in [0.5, 0.6) is 11.5 Å². The minimum absolute atomic E-state index is 0.124. The molecule has 0 aromatic heterocycles. The summed E-state index contributed by atoms with van der Waals surface area (Å²) in [6.07, 6.45) is 4.14. The lowest BCUT2D eigenvalue weighted by atomic mass is 10.1. The van der Waals surface area contributed by atoms with E-state index in [1.165, 1.54) is 17.7 Å². The monoisotopic (exact) mass is 436 g/mol. The van der Waals surface area contributed by atoms with E-state index in [1.807, 2.05) is 6.07 Å². The zero-order chi connectivity index (χ0) is 22.0. The van der Waals surface area contributed by atoms with Crippen molar-refractivity contribution in [3.8, 4) is 11.5 Å². The van der Waals surface area contributed by atoms with Crippen LogP contribution in [0, 0.1) is 0 Å². The van der Waals surface area contributed by atoms with Gasteiger partial charge in [0, 0.05) is 6.42 Å². The second-order valence-corrected chi connectivity index (χ2v) is 10.4. The molecule has 0 heterocycles. The topological polar surface area (TPSA) is 87.0 Å². The van der Waals surface area contributed by atoms with Crippen molar-refractivity contribution in [3.63, 3.8) is 0 Å². The standard InChI is InChI=1S/C23H34NO5P/c1-24(2,15-8-12-20-9-4-3-5-10-20)16-17-29-30(27,28)18-7-6-11-21-13-14-22(25)23(26)19-21/h3-5,9-10,13-14,19H,6-8,11-12,15-18H2,1-2H3,(H2-,25,26,27,28)/p+1. The molecule has 2 aromatic rings. The van der Waals surface area contributed by atoms with Gasteiger partial charge in [0.05, 0.1) is 26.8 Å². The molecule has 0 aliphatic heterocycles. The number of benzene rings is 2. The number of nitrogens with zero attached hydrogens (tertiary/aromatic N) is 1. The highest BCUT2D eigenvalue weighted by atomic mass is 31.2. The van der Waals surface area contributed by atoms with Gasteiger partial charge in [-0.05, 0) is 48.9 Å². The molecule has 2 aromatic carbocycles. The molecule has 0 radical (unpaired) electrons. The summed E-state index contributed by atoms with van der Waals surface area (Å²) >= 11 is 0. The number of likely N-dealkylation sites (N-methyl/N-ethyl adjacent to an activating group) is 1. The lowest BCUT2D eigenvalue weighted by molar-refractivity contribution is -0.890.